The molecule has 0 aliphatic rings. The van der Waals surface area contributed by atoms with Crippen molar-refractivity contribution in [3.05, 3.63) is 66.6 Å². The predicted molar refractivity (Wildman–Crippen MR) is 85.2 cm³/mol. The fraction of sp³-hybridized carbons (Fsp3) is 0.0588. The summed E-state index contributed by atoms with van der Waals surface area (Å²) in [5, 5.41) is 5.79. The first-order valence-corrected chi connectivity index (χ1v) is 6.90. The molecule has 0 bridgehead atoms. The third-order valence-electron chi connectivity index (χ3n) is 3.65. The minimum absolute atomic E-state index is 0.750. The van der Waals surface area contributed by atoms with Crippen molar-refractivity contribution in [1.82, 2.24) is 15.0 Å². The first-order chi connectivity index (χ1) is 10.4. The molecule has 0 unspecified atom stereocenters. The Bertz CT molecular complexity index is 905. The summed E-state index contributed by atoms with van der Waals surface area (Å²) in [5.41, 5.74) is 4.23. The van der Waals surface area contributed by atoms with E-state index in [4.69, 9.17) is 0 Å². The van der Waals surface area contributed by atoms with Crippen LogP contribution in [0.25, 0.3) is 21.9 Å². The van der Waals surface area contributed by atoms with E-state index in [1.807, 2.05) is 36.7 Å². The lowest BCUT2D eigenvalue weighted by molar-refractivity contribution is 1.17. The van der Waals surface area contributed by atoms with Crippen LogP contribution in [0.15, 0.2) is 61.1 Å². The molecule has 4 rings (SSSR count). The van der Waals surface area contributed by atoms with Crippen molar-refractivity contribution in [1.29, 1.82) is 0 Å². The Morgan fingerprint density at radius 2 is 1.76 bits per heavy atom. The van der Waals surface area contributed by atoms with Crippen molar-refractivity contribution in [2.24, 2.45) is 0 Å². The molecule has 0 saturated carbocycles. The summed E-state index contributed by atoms with van der Waals surface area (Å²) in [4.78, 5) is 11.9. The van der Waals surface area contributed by atoms with Gasteiger partial charge in [-0.2, -0.15) is 0 Å². The average Bonchev–Trinajstić information content (AvgIpc) is 2.96. The highest BCUT2D eigenvalue weighted by Gasteiger charge is 2.05. The zero-order valence-corrected chi connectivity index (χ0v) is 11.4. The van der Waals surface area contributed by atoms with Gasteiger partial charge in [0.05, 0.1) is 5.52 Å². The fourth-order valence-corrected chi connectivity index (χ4v) is 2.61. The van der Waals surface area contributed by atoms with Crippen molar-refractivity contribution < 1.29 is 0 Å². The SMILES string of the molecule is c1cc(NCc2c[nH]c3ncccc23)c2cccnc2c1. The molecule has 4 aromatic rings. The molecule has 4 nitrogen and oxygen atoms in total. The summed E-state index contributed by atoms with van der Waals surface area (Å²) in [7, 11) is 0. The van der Waals surface area contributed by atoms with Crippen LogP contribution in [-0.2, 0) is 6.54 Å². The fourth-order valence-electron chi connectivity index (χ4n) is 2.61. The highest BCUT2D eigenvalue weighted by molar-refractivity contribution is 5.91. The van der Waals surface area contributed by atoms with E-state index >= 15 is 0 Å². The number of rotatable bonds is 3. The van der Waals surface area contributed by atoms with Gasteiger partial charge < -0.3 is 10.3 Å². The van der Waals surface area contributed by atoms with E-state index in [-0.39, 0.29) is 0 Å². The van der Waals surface area contributed by atoms with Crippen LogP contribution in [-0.4, -0.2) is 15.0 Å². The lowest BCUT2D eigenvalue weighted by atomic mass is 10.1. The van der Waals surface area contributed by atoms with E-state index in [0.29, 0.717) is 0 Å². The van der Waals surface area contributed by atoms with Crippen LogP contribution >= 0.6 is 0 Å². The maximum absolute atomic E-state index is 4.38. The largest absolute Gasteiger partial charge is 0.380 e. The second-order valence-corrected chi connectivity index (χ2v) is 4.94. The highest BCUT2D eigenvalue weighted by Crippen LogP contribution is 2.23. The van der Waals surface area contributed by atoms with E-state index in [0.717, 1.165) is 34.2 Å². The number of anilines is 1. The number of aromatic nitrogens is 3. The standard InChI is InChI=1S/C17H14N4/c1-6-15-14(5-3-8-18-15)16(7-1)20-10-12-11-21-17-13(12)4-2-9-19-17/h1-9,11,20H,10H2,(H,19,21). The second-order valence-electron chi connectivity index (χ2n) is 4.94. The Balaban J connectivity index is 1.67. The van der Waals surface area contributed by atoms with Gasteiger partial charge in [0.25, 0.3) is 0 Å². The number of nitrogens with zero attached hydrogens (tertiary/aromatic N) is 2. The molecule has 2 N–H and O–H groups in total. The average molecular weight is 274 g/mol. The molecule has 3 heterocycles. The van der Waals surface area contributed by atoms with Gasteiger partial charge in [-0.3, -0.25) is 4.98 Å². The van der Waals surface area contributed by atoms with Crippen molar-refractivity contribution in [3.63, 3.8) is 0 Å². The molecule has 0 amide bonds. The van der Waals surface area contributed by atoms with Crippen LogP contribution in [0.4, 0.5) is 5.69 Å². The minimum atomic E-state index is 0.750. The van der Waals surface area contributed by atoms with E-state index in [2.05, 4.69) is 38.5 Å². The number of pyridine rings is 2. The van der Waals surface area contributed by atoms with Gasteiger partial charge >= 0.3 is 0 Å². The van der Waals surface area contributed by atoms with Crippen molar-refractivity contribution in [2.75, 3.05) is 5.32 Å². The summed E-state index contributed by atoms with van der Waals surface area (Å²) >= 11 is 0. The Morgan fingerprint density at radius 1 is 0.905 bits per heavy atom. The highest BCUT2D eigenvalue weighted by atomic mass is 14.9. The normalized spacial score (nSPS) is 11.0. The molecule has 3 aromatic heterocycles. The summed E-state index contributed by atoms with van der Waals surface area (Å²) in [6.07, 6.45) is 5.62. The number of benzene rings is 1. The summed E-state index contributed by atoms with van der Waals surface area (Å²) < 4.78 is 0. The maximum Gasteiger partial charge on any atom is 0.137 e. The van der Waals surface area contributed by atoms with Crippen molar-refractivity contribution in [3.8, 4) is 0 Å². The third kappa shape index (κ3) is 2.10. The van der Waals surface area contributed by atoms with Gasteiger partial charge in [-0.15, -0.1) is 0 Å². The molecule has 0 aliphatic heterocycles. The van der Waals surface area contributed by atoms with E-state index in [9.17, 15) is 0 Å². The van der Waals surface area contributed by atoms with Crippen molar-refractivity contribution in [2.45, 2.75) is 6.54 Å². The molecule has 102 valence electrons. The van der Waals surface area contributed by atoms with Gasteiger partial charge in [-0.25, -0.2) is 4.98 Å². The second kappa shape index (κ2) is 4.90. The van der Waals surface area contributed by atoms with Crippen LogP contribution in [0.5, 0.6) is 0 Å². The van der Waals surface area contributed by atoms with Crippen LogP contribution < -0.4 is 5.32 Å². The van der Waals surface area contributed by atoms with E-state index < -0.39 is 0 Å². The van der Waals surface area contributed by atoms with E-state index in [1.165, 1.54) is 5.56 Å². The summed E-state index contributed by atoms with van der Waals surface area (Å²) in [6.45, 7) is 0.750. The summed E-state index contributed by atoms with van der Waals surface area (Å²) in [5.74, 6) is 0. The Hall–Kier alpha value is -2.88. The zero-order valence-electron chi connectivity index (χ0n) is 11.4. The monoisotopic (exact) mass is 274 g/mol. The first-order valence-electron chi connectivity index (χ1n) is 6.90. The number of hydrogen-bond acceptors (Lipinski definition) is 3. The Labute approximate surface area is 121 Å². The van der Waals surface area contributed by atoms with E-state index in [1.54, 1.807) is 6.20 Å². The number of nitrogens with one attached hydrogen (secondary N) is 2. The molecule has 4 heteroatoms. The summed E-state index contributed by atoms with van der Waals surface area (Å²) in [6, 6.07) is 14.2. The molecule has 0 fully saturated rings. The van der Waals surface area contributed by atoms with Gasteiger partial charge in [0.15, 0.2) is 0 Å². The minimum Gasteiger partial charge on any atom is -0.380 e. The number of H-pyrrole nitrogens is 1. The van der Waals surface area contributed by atoms with Gasteiger partial charge in [-0.1, -0.05) is 6.07 Å². The molecule has 0 atom stereocenters. The zero-order chi connectivity index (χ0) is 14.1. The maximum atomic E-state index is 4.38. The van der Waals surface area contributed by atoms with Crippen LogP contribution in [0.2, 0.25) is 0 Å². The van der Waals surface area contributed by atoms with Gasteiger partial charge in [0, 0.05) is 41.6 Å². The third-order valence-corrected chi connectivity index (χ3v) is 3.65. The number of hydrogen-bond donors (Lipinski definition) is 2. The lowest BCUT2D eigenvalue weighted by Crippen LogP contribution is -1.99. The molecule has 0 spiro atoms. The van der Waals surface area contributed by atoms with Crippen LogP contribution in [0.3, 0.4) is 0 Å². The Morgan fingerprint density at radius 3 is 2.71 bits per heavy atom. The molecule has 21 heavy (non-hydrogen) atoms. The van der Waals surface area contributed by atoms with Gasteiger partial charge in [0.1, 0.15) is 5.65 Å². The Kier molecular flexibility index (Phi) is 2.78. The lowest BCUT2D eigenvalue weighted by Gasteiger charge is -2.08. The molecule has 0 radical (unpaired) electrons. The molecular formula is C17H14N4. The smallest absolute Gasteiger partial charge is 0.137 e. The predicted octanol–water partition coefficient (Wildman–Crippen LogP) is 3.72. The first kappa shape index (κ1) is 11.9. The molecule has 1 aromatic carbocycles. The topological polar surface area (TPSA) is 53.6 Å². The number of aromatic amines is 1. The quantitative estimate of drug-likeness (QED) is 0.598. The van der Waals surface area contributed by atoms with Crippen LogP contribution in [0, 0.1) is 0 Å². The number of fused-ring (bicyclic) bond motifs is 2. The van der Waals surface area contributed by atoms with Crippen LogP contribution in [0.1, 0.15) is 5.56 Å². The van der Waals surface area contributed by atoms with Gasteiger partial charge in [-0.05, 0) is 42.0 Å². The molecule has 0 aliphatic carbocycles. The molecular weight excluding hydrogens is 260 g/mol. The van der Waals surface area contributed by atoms with Crippen molar-refractivity contribution >= 4 is 27.6 Å². The molecule has 0 saturated heterocycles. The van der Waals surface area contributed by atoms with Gasteiger partial charge in [0.2, 0.25) is 0 Å².